The van der Waals surface area contributed by atoms with Crippen molar-refractivity contribution in [1.82, 2.24) is 19.2 Å². The molecule has 20 heavy (non-hydrogen) atoms. The molecule has 0 aromatic carbocycles. The molecule has 0 radical (unpaired) electrons. The topological polar surface area (TPSA) is 83.5 Å². The second kappa shape index (κ2) is 4.94. The van der Waals surface area contributed by atoms with Crippen LogP contribution in [0.5, 0.6) is 0 Å². The van der Waals surface area contributed by atoms with Gasteiger partial charge in [-0.05, 0) is 25.4 Å². The summed E-state index contributed by atoms with van der Waals surface area (Å²) in [6.07, 6.45) is 2.28. The second-order valence-electron chi connectivity index (χ2n) is 5.05. The van der Waals surface area contributed by atoms with Crippen molar-refractivity contribution >= 4 is 27.5 Å². The van der Waals surface area contributed by atoms with E-state index in [1.54, 1.807) is 20.9 Å². The van der Waals surface area contributed by atoms with Crippen molar-refractivity contribution in [2.45, 2.75) is 24.3 Å². The van der Waals surface area contributed by atoms with Crippen LogP contribution in [-0.4, -0.2) is 59.2 Å². The summed E-state index contributed by atoms with van der Waals surface area (Å²) in [5, 5.41) is -0.0299. The second-order valence-corrected chi connectivity index (χ2v) is 7.25. The number of sulfonamides is 1. The number of rotatable bonds is 2. The number of likely N-dealkylation sites (N-methyl/N-ethyl adjacent to an activating group) is 1. The summed E-state index contributed by atoms with van der Waals surface area (Å²) in [7, 11) is -2.19. The molecule has 0 spiro atoms. The van der Waals surface area contributed by atoms with E-state index < -0.39 is 15.6 Å². The Morgan fingerprint density at radius 2 is 1.80 bits per heavy atom. The maximum atomic E-state index is 12.6. The van der Waals surface area contributed by atoms with Gasteiger partial charge in [-0.1, -0.05) is 0 Å². The van der Waals surface area contributed by atoms with Crippen LogP contribution in [0.3, 0.4) is 0 Å². The highest BCUT2D eigenvalue weighted by Crippen LogP contribution is 2.28. The fraction of sp³-hybridized carbons (Fsp3) is 0.545. The lowest BCUT2D eigenvalue weighted by Crippen LogP contribution is -2.63. The van der Waals surface area contributed by atoms with Crippen molar-refractivity contribution in [3.63, 3.8) is 0 Å². The van der Waals surface area contributed by atoms with Crippen molar-refractivity contribution in [1.29, 1.82) is 0 Å². The van der Waals surface area contributed by atoms with Crippen molar-refractivity contribution in [2.75, 3.05) is 20.1 Å². The van der Waals surface area contributed by atoms with E-state index in [0.717, 1.165) is 12.4 Å². The maximum Gasteiger partial charge on any atom is 0.247 e. The van der Waals surface area contributed by atoms with Gasteiger partial charge in [-0.25, -0.2) is 18.4 Å². The van der Waals surface area contributed by atoms with Gasteiger partial charge in [-0.2, -0.15) is 4.31 Å². The molecular weight excluding hydrogens is 304 g/mol. The van der Waals surface area contributed by atoms with Crippen LogP contribution in [0, 0.1) is 0 Å². The molecule has 7 nitrogen and oxygen atoms in total. The highest BCUT2D eigenvalue weighted by atomic mass is 35.5. The highest BCUT2D eigenvalue weighted by Gasteiger charge is 2.47. The summed E-state index contributed by atoms with van der Waals surface area (Å²) >= 11 is 5.55. The Labute approximate surface area is 122 Å². The van der Waals surface area contributed by atoms with E-state index in [1.165, 1.54) is 9.21 Å². The van der Waals surface area contributed by atoms with Gasteiger partial charge in [0.05, 0.1) is 12.4 Å². The number of halogens is 1. The standard InChI is InChI=1S/C11H15ClN4O3S/c1-11(2)9(17)15(3)4-5-16(11)20(18,19)8-6-13-10(12)14-7-8/h6-7H,4-5H2,1-3H3. The summed E-state index contributed by atoms with van der Waals surface area (Å²) in [6.45, 7) is 3.73. The van der Waals surface area contributed by atoms with E-state index >= 15 is 0 Å². The first-order valence-electron chi connectivity index (χ1n) is 5.93. The van der Waals surface area contributed by atoms with Gasteiger partial charge in [0.2, 0.25) is 21.2 Å². The molecular formula is C11H15ClN4O3S. The van der Waals surface area contributed by atoms with Gasteiger partial charge in [0.25, 0.3) is 0 Å². The summed E-state index contributed by atoms with van der Waals surface area (Å²) in [5.74, 6) is -0.248. The lowest BCUT2D eigenvalue weighted by molar-refractivity contribution is -0.142. The average molecular weight is 319 g/mol. The van der Waals surface area contributed by atoms with Gasteiger partial charge in [-0.15, -0.1) is 0 Å². The zero-order valence-electron chi connectivity index (χ0n) is 11.4. The summed E-state index contributed by atoms with van der Waals surface area (Å²) in [6, 6.07) is 0. The minimum absolute atomic E-state index is 0.0299. The zero-order valence-corrected chi connectivity index (χ0v) is 12.9. The van der Waals surface area contributed by atoms with Gasteiger partial charge >= 0.3 is 0 Å². The van der Waals surface area contributed by atoms with Crippen LogP contribution >= 0.6 is 11.6 Å². The van der Waals surface area contributed by atoms with Crippen molar-refractivity contribution < 1.29 is 13.2 Å². The molecule has 1 aromatic heterocycles. The molecule has 110 valence electrons. The molecule has 1 saturated heterocycles. The molecule has 0 N–H and O–H groups in total. The zero-order chi connectivity index (χ0) is 15.1. The SMILES string of the molecule is CN1CCN(S(=O)(=O)c2cnc(Cl)nc2)C(C)(C)C1=O. The van der Waals surface area contributed by atoms with E-state index in [0.29, 0.717) is 6.54 Å². The molecule has 1 aliphatic rings. The quantitative estimate of drug-likeness (QED) is 0.736. The molecule has 1 aromatic rings. The predicted molar refractivity (Wildman–Crippen MR) is 72.6 cm³/mol. The molecule has 0 bridgehead atoms. The van der Waals surface area contributed by atoms with E-state index in [-0.39, 0.29) is 22.6 Å². The number of carbonyl (C=O) groups is 1. The largest absolute Gasteiger partial charge is 0.343 e. The van der Waals surface area contributed by atoms with E-state index in [2.05, 4.69) is 9.97 Å². The van der Waals surface area contributed by atoms with Crippen molar-refractivity contribution in [2.24, 2.45) is 0 Å². The monoisotopic (exact) mass is 318 g/mol. The Morgan fingerprint density at radius 1 is 1.25 bits per heavy atom. The molecule has 0 aliphatic carbocycles. The van der Waals surface area contributed by atoms with Gasteiger partial charge < -0.3 is 4.90 Å². The molecule has 2 heterocycles. The molecule has 1 fully saturated rings. The smallest absolute Gasteiger partial charge is 0.247 e. The number of hydrogen-bond donors (Lipinski definition) is 0. The minimum Gasteiger partial charge on any atom is -0.343 e. The van der Waals surface area contributed by atoms with Gasteiger partial charge in [-0.3, -0.25) is 4.79 Å². The third-order valence-electron chi connectivity index (χ3n) is 3.32. The average Bonchev–Trinajstić information content (AvgIpc) is 2.36. The number of hydrogen-bond acceptors (Lipinski definition) is 5. The third-order valence-corrected chi connectivity index (χ3v) is 5.54. The van der Waals surface area contributed by atoms with Crippen LogP contribution in [-0.2, 0) is 14.8 Å². The number of amides is 1. The number of carbonyl (C=O) groups excluding carboxylic acids is 1. The molecule has 2 rings (SSSR count). The molecule has 1 aliphatic heterocycles. The first kappa shape index (κ1) is 15.1. The van der Waals surface area contributed by atoms with Crippen LogP contribution in [0.4, 0.5) is 0 Å². The summed E-state index contributed by atoms with van der Waals surface area (Å²) in [4.78, 5) is 20.9. The number of nitrogens with zero attached hydrogens (tertiary/aromatic N) is 4. The molecule has 0 saturated carbocycles. The predicted octanol–water partition coefficient (Wildman–Crippen LogP) is 0.371. The number of aromatic nitrogens is 2. The van der Waals surface area contributed by atoms with Gasteiger partial charge in [0, 0.05) is 20.1 Å². The summed E-state index contributed by atoms with van der Waals surface area (Å²) in [5.41, 5.74) is -1.15. The van der Waals surface area contributed by atoms with Crippen LogP contribution in [0.2, 0.25) is 5.28 Å². The van der Waals surface area contributed by atoms with Crippen LogP contribution in [0.1, 0.15) is 13.8 Å². The first-order valence-corrected chi connectivity index (χ1v) is 7.75. The van der Waals surface area contributed by atoms with Gasteiger partial charge in [0.15, 0.2) is 0 Å². The first-order chi connectivity index (χ1) is 9.17. The van der Waals surface area contributed by atoms with Crippen LogP contribution in [0.15, 0.2) is 17.3 Å². The maximum absolute atomic E-state index is 12.6. The van der Waals surface area contributed by atoms with E-state index in [4.69, 9.17) is 11.6 Å². The Morgan fingerprint density at radius 3 is 2.35 bits per heavy atom. The van der Waals surface area contributed by atoms with Crippen LogP contribution in [0.25, 0.3) is 0 Å². The Balaban J connectivity index is 2.44. The van der Waals surface area contributed by atoms with Crippen LogP contribution < -0.4 is 0 Å². The lowest BCUT2D eigenvalue weighted by atomic mass is 10.0. The van der Waals surface area contributed by atoms with Crippen molar-refractivity contribution in [3.8, 4) is 0 Å². The molecule has 9 heteroatoms. The van der Waals surface area contributed by atoms with E-state index in [1.807, 2.05) is 0 Å². The highest BCUT2D eigenvalue weighted by molar-refractivity contribution is 7.89. The Hall–Kier alpha value is -1.25. The lowest BCUT2D eigenvalue weighted by Gasteiger charge is -2.43. The van der Waals surface area contributed by atoms with Crippen molar-refractivity contribution in [3.05, 3.63) is 17.7 Å². The minimum atomic E-state index is -3.84. The molecule has 0 unspecified atom stereocenters. The van der Waals surface area contributed by atoms with Gasteiger partial charge in [0.1, 0.15) is 10.4 Å². The fourth-order valence-corrected chi connectivity index (χ4v) is 3.90. The normalized spacial score (nSPS) is 20.2. The Kier molecular flexibility index (Phi) is 3.74. The fourth-order valence-electron chi connectivity index (χ4n) is 2.18. The van der Waals surface area contributed by atoms with E-state index in [9.17, 15) is 13.2 Å². The number of piperazine rings is 1. The Bertz CT molecular complexity index is 630. The summed E-state index contributed by atoms with van der Waals surface area (Å²) < 4.78 is 26.4. The molecule has 1 amide bonds. The molecule has 0 atom stereocenters. The third kappa shape index (κ3) is 2.38.